The van der Waals surface area contributed by atoms with Gasteiger partial charge in [-0.15, -0.1) is 0 Å². The molecule has 0 spiro atoms. The maximum absolute atomic E-state index is 2.46. The lowest BCUT2D eigenvalue weighted by Gasteiger charge is -2.12. The minimum atomic E-state index is 0.415. The number of imidazole rings is 1. The van der Waals surface area contributed by atoms with Gasteiger partial charge in [-0.2, -0.15) is 0 Å². The third-order valence-corrected chi connectivity index (χ3v) is 4.73. The van der Waals surface area contributed by atoms with Gasteiger partial charge in [-0.1, -0.05) is 38.1 Å². The van der Waals surface area contributed by atoms with E-state index in [9.17, 15) is 0 Å². The molecular formula is C21H27N2+. The highest BCUT2D eigenvalue weighted by molar-refractivity contribution is 5.77. The summed E-state index contributed by atoms with van der Waals surface area (Å²) < 4.78 is 4.80. The number of hydrogen-bond donors (Lipinski definition) is 0. The first-order chi connectivity index (χ1) is 10.9. The number of fused-ring (bicyclic) bond motifs is 1. The number of para-hydroxylation sites is 2. The molecule has 0 unspecified atom stereocenters. The average Bonchev–Trinajstić information content (AvgIpc) is 2.81. The quantitative estimate of drug-likeness (QED) is 0.592. The Morgan fingerprint density at radius 1 is 0.957 bits per heavy atom. The summed E-state index contributed by atoms with van der Waals surface area (Å²) in [6.45, 7) is 11.2. The van der Waals surface area contributed by atoms with Gasteiger partial charge in [-0.05, 0) is 56.0 Å². The molecular weight excluding hydrogens is 280 g/mol. The lowest BCUT2D eigenvalue weighted by molar-refractivity contribution is -0.634. The lowest BCUT2D eigenvalue weighted by Crippen LogP contribution is -2.30. The van der Waals surface area contributed by atoms with Gasteiger partial charge in [0, 0.05) is 0 Å². The van der Waals surface area contributed by atoms with E-state index in [0.29, 0.717) is 12.0 Å². The molecule has 0 saturated heterocycles. The number of nitrogens with zero attached hydrogens (tertiary/aromatic N) is 2. The Balaban J connectivity index is 2.38. The van der Waals surface area contributed by atoms with Crippen LogP contribution in [0.4, 0.5) is 0 Å². The summed E-state index contributed by atoms with van der Waals surface area (Å²) in [7, 11) is 2.18. The van der Waals surface area contributed by atoms with Gasteiger partial charge in [-0.25, -0.2) is 9.13 Å². The zero-order chi connectivity index (χ0) is 16.7. The molecule has 0 aliphatic rings. The first-order valence-electron chi connectivity index (χ1n) is 8.51. The molecule has 1 heterocycles. The topological polar surface area (TPSA) is 8.81 Å². The molecule has 1 aromatic heterocycles. The maximum Gasteiger partial charge on any atom is 0.290 e. The fourth-order valence-corrected chi connectivity index (χ4v) is 3.41. The van der Waals surface area contributed by atoms with Gasteiger partial charge in [0.25, 0.3) is 5.82 Å². The van der Waals surface area contributed by atoms with Crippen molar-refractivity contribution in [1.82, 2.24) is 4.57 Å². The fourth-order valence-electron chi connectivity index (χ4n) is 3.41. The van der Waals surface area contributed by atoms with Gasteiger partial charge in [-0.3, -0.25) is 0 Å². The van der Waals surface area contributed by atoms with Crippen LogP contribution in [0.2, 0.25) is 0 Å². The second-order valence-electron chi connectivity index (χ2n) is 7.06. The minimum Gasteiger partial charge on any atom is -0.226 e. The Bertz CT molecular complexity index is 854. The van der Waals surface area contributed by atoms with Gasteiger partial charge in [0.15, 0.2) is 11.0 Å². The van der Waals surface area contributed by atoms with Crippen LogP contribution in [-0.4, -0.2) is 4.57 Å². The zero-order valence-electron chi connectivity index (χ0n) is 15.1. The van der Waals surface area contributed by atoms with E-state index in [-0.39, 0.29) is 0 Å². The standard InChI is InChI=1S/C21H27N2/c1-14(2)17-12-11-16(5)18(13-17)21-22(6)19-9-7-8-10-20(19)23(21)15(3)4/h7-15H,1-6H3/q+1. The van der Waals surface area contributed by atoms with Crippen molar-refractivity contribution in [2.75, 3.05) is 0 Å². The van der Waals surface area contributed by atoms with Crippen molar-refractivity contribution in [2.24, 2.45) is 7.05 Å². The van der Waals surface area contributed by atoms with E-state index in [0.717, 1.165) is 0 Å². The minimum absolute atomic E-state index is 0.415. The molecule has 23 heavy (non-hydrogen) atoms. The molecule has 120 valence electrons. The van der Waals surface area contributed by atoms with Crippen molar-refractivity contribution >= 4 is 11.0 Å². The number of aryl methyl sites for hydroxylation is 2. The Morgan fingerprint density at radius 2 is 1.65 bits per heavy atom. The second-order valence-corrected chi connectivity index (χ2v) is 7.06. The summed E-state index contributed by atoms with van der Waals surface area (Å²) in [5.74, 6) is 1.83. The van der Waals surface area contributed by atoms with Crippen molar-refractivity contribution in [3.05, 3.63) is 53.6 Å². The SMILES string of the molecule is Cc1ccc(C(C)C)cc1-c1n(C(C)C)c2ccccc2[n+]1C. The van der Waals surface area contributed by atoms with Crippen molar-refractivity contribution in [3.8, 4) is 11.4 Å². The van der Waals surface area contributed by atoms with E-state index in [4.69, 9.17) is 0 Å². The predicted molar refractivity (Wildman–Crippen MR) is 97.8 cm³/mol. The van der Waals surface area contributed by atoms with Crippen LogP contribution in [0, 0.1) is 6.92 Å². The summed E-state index contributed by atoms with van der Waals surface area (Å²) in [4.78, 5) is 0. The number of aromatic nitrogens is 2. The van der Waals surface area contributed by atoms with Gasteiger partial charge >= 0.3 is 0 Å². The van der Waals surface area contributed by atoms with Crippen LogP contribution in [0.5, 0.6) is 0 Å². The monoisotopic (exact) mass is 307 g/mol. The first-order valence-corrected chi connectivity index (χ1v) is 8.51. The summed E-state index contributed by atoms with van der Waals surface area (Å²) in [6, 6.07) is 16.0. The molecule has 3 aromatic rings. The van der Waals surface area contributed by atoms with Crippen molar-refractivity contribution in [3.63, 3.8) is 0 Å². The molecule has 0 bridgehead atoms. The Morgan fingerprint density at radius 3 is 2.30 bits per heavy atom. The molecule has 3 rings (SSSR count). The van der Waals surface area contributed by atoms with E-state index >= 15 is 0 Å². The highest BCUT2D eigenvalue weighted by Gasteiger charge is 2.27. The van der Waals surface area contributed by atoms with Gasteiger partial charge < -0.3 is 0 Å². The number of benzene rings is 2. The number of rotatable bonds is 3. The average molecular weight is 307 g/mol. The van der Waals surface area contributed by atoms with Crippen LogP contribution in [0.25, 0.3) is 22.4 Å². The van der Waals surface area contributed by atoms with Crippen LogP contribution in [0.15, 0.2) is 42.5 Å². The van der Waals surface area contributed by atoms with Crippen LogP contribution in [0.1, 0.15) is 50.8 Å². The maximum atomic E-state index is 2.46. The van der Waals surface area contributed by atoms with Crippen molar-refractivity contribution in [2.45, 2.75) is 46.6 Å². The lowest BCUT2D eigenvalue weighted by atomic mass is 9.97. The van der Waals surface area contributed by atoms with E-state index in [1.165, 1.54) is 33.5 Å². The van der Waals surface area contributed by atoms with Crippen LogP contribution >= 0.6 is 0 Å². The smallest absolute Gasteiger partial charge is 0.226 e. The molecule has 2 nitrogen and oxygen atoms in total. The predicted octanol–water partition coefficient (Wildman–Crippen LogP) is 5.15. The van der Waals surface area contributed by atoms with Crippen LogP contribution in [-0.2, 0) is 7.05 Å². The van der Waals surface area contributed by atoms with Gasteiger partial charge in [0.05, 0.1) is 18.7 Å². The van der Waals surface area contributed by atoms with Crippen molar-refractivity contribution in [1.29, 1.82) is 0 Å². The highest BCUT2D eigenvalue weighted by atomic mass is 15.2. The fraction of sp³-hybridized carbons (Fsp3) is 0.381. The summed E-state index contributed by atoms with van der Waals surface area (Å²) in [5, 5.41) is 0. The van der Waals surface area contributed by atoms with Crippen LogP contribution in [0.3, 0.4) is 0 Å². The molecule has 0 aliphatic heterocycles. The molecule has 0 saturated carbocycles. The van der Waals surface area contributed by atoms with Gasteiger partial charge in [0.1, 0.15) is 0 Å². The van der Waals surface area contributed by atoms with Crippen LogP contribution < -0.4 is 4.57 Å². The largest absolute Gasteiger partial charge is 0.290 e. The molecule has 2 heteroatoms. The molecule has 0 aliphatic carbocycles. The molecule has 0 amide bonds. The second kappa shape index (κ2) is 5.84. The summed E-state index contributed by atoms with van der Waals surface area (Å²) >= 11 is 0. The van der Waals surface area contributed by atoms with E-state index in [2.05, 4.69) is 93.3 Å². The zero-order valence-corrected chi connectivity index (χ0v) is 15.1. The number of hydrogen-bond acceptors (Lipinski definition) is 0. The summed E-state index contributed by atoms with van der Waals surface area (Å²) in [5.41, 5.74) is 6.64. The van der Waals surface area contributed by atoms with Gasteiger partial charge in [0.2, 0.25) is 0 Å². The molecule has 0 atom stereocenters. The Labute approximate surface area is 139 Å². The Hall–Kier alpha value is -2.09. The van der Waals surface area contributed by atoms with Crippen molar-refractivity contribution < 1.29 is 4.57 Å². The normalized spacial score (nSPS) is 11.8. The first kappa shape index (κ1) is 15.8. The molecule has 0 N–H and O–H groups in total. The van der Waals surface area contributed by atoms with E-state index < -0.39 is 0 Å². The third kappa shape index (κ3) is 2.56. The summed E-state index contributed by atoms with van der Waals surface area (Å²) in [6.07, 6.45) is 0. The van der Waals surface area contributed by atoms with E-state index in [1.807, 2.05) is 0 Å². The van der Waals surface area contributed by atoms with E-state index in [1.54, 1.807) is 0 Å². The molecule has 2 aromatic carbocycles. The molecule has 0 radical (unpaired) electrons. The Kier molecular flexibility index (Phi) is 4.01. The molecule has 0 fully saturated rings. The highest BCUT2D eigenvalue weighted by Crippen LogP contribution is 2.30. The third-order valence-electron chi connectivity index (χ3n) is 4.73.